The highest BCUT2D eigenvalue weighted by atomic mass is 35.5. The van der Waals surface area contributed by atoms with Crippen LogP contribution in [0.3, 0.4) is 0 Å². The third-order valence-corrected chi connectivity index (χ3v) is 5.52. The molecule has 2 rings (SSSR count). The minimum atomic E-state index is -3.91. The van der Waals surface area contributed by atoms with E-state index in [-0.39, 0.29) is 17.1 Å². The van der Waals surface area contributed by atoms with E-state index in [1.807, 2.05) is 0 Å². The molecule has 0 spiro atoms. The average Bonchev–Trinajstić information content (AvgIpc) is 2.48. The second-order valence-electron chi connectivity index (χ2n) is 5.44. The van der Waals surface area contributed by atoms with E-state index in [0.29, 0.717) is 12.5 Å². The maximum absolute atomic E-state index is 14.2. The van der Waals surface area contributed by atoms with Crippen LogP contribution in [0.1, 0.15) is 37.7 Å². The number of nitrogens with one attached hydrogen (secondary N) is 1. The van der Waals surface area contributed by atoms with Crippen LogP contribution in [-0.2, 0) is 16.6 Å². The molecule has 1 aromatic rings. The van der Waals surface area contributed by atoms with Crippen molar-refractivity contribution in [1.29, 1.82) is 0 Å². The molecule has 1 aliphatic rings. The predicted molar refractivity (Wildman–Crippen MR) is 81.1 cm³/mol. The Balaban J connectivity index is 2.17. The summed E-state index contributed by atoms with van der Waals surface area (Å²) >= 11 is 5.84. The fraction of sp³-hybridized carbons (Fsp3) is 0.571. The van der Waals surface area contributed by atoms with Gasteiger partial charge in [0.05, 0.1) is 0 Å². The Morgan fingerprint density at radius 2 is 1.95 bits per heavy atom. The molecule has 0 aliphatic heterocycles. The van der Waals surface area contributed by atoms with Crippen molar-refractivity contribution < 1.29 is 12.8 Å². The smallest absolute Gasteiger partial charge is 0.243 e. The molecule has 1 aromatic carbocycles. The molecule has 0 saturated heterocycles. The number of benzene rings is 1. The lowest BCUT2D eigenvalue weighted by molar-refractivity contribution is 0.357. The fourth-order valence-corrected chi connectivity index (χ4v) is 4.22. The Labute approximate surface area is 129 Å². The summed E-state index contributed by atoms with van der Waals surface area (Å²) in [4.78, 5) is -0.425. The lowest BCUT2D eigenvalue weighted by Crippen LogP contribution is -2.31. The zero-order valence-electron chi connectivity index (χ0n) is 11.7. The minimum Gasteiger partial charge on any atom is -0.326 e. The number of hydrogen-bond acceptors (Lipinski definition) is 3. The summed E-state index contributed by atoms with van der Waals surface area (Å²) in [7, 11) is -3.91. The van der Waals surface area contributed by atoms with E-state index in [2.05, 4.69) is 4.72 Å². The van der Waals surface area contributed by atoms with Crippen molar-refractivity contribution in [2.24, 2.45) is 11.7 Å². The highest BCUT2D eigenvalue weighted by Gasteiger charge is 2.23. The Hall–Kier alpha value is -0.690. The van der Waals surface area contributed by atoms with E-state index >= 15 is 0 Å². The molecule has 1 fully saturated rings. The minimum absolute atomic E-state index is 0.0977. The van der Waals surface area contributed by atoms with E-state index in [0.717, 1.165) is 31.7 Å². The Morgan fingerprint density at radius 3 is 2.57 bits per heavy atom. The van der Waals surface area contributed by atoms with Crippen molar-refractivity contribution in [3.63, 3.8) is 0 Å². The molecule has 118 valence electrons. The van der Waals surface area contributed by atoms with Crippen molar-refractivity contribution in [3.8, 4) is 0 Å². The van der Waals surface area contributed by atoms with Gasteiger partial charge in [0.15, 0.2) is 0 Å². The second kappa shape index (κ2) is 7.05. The zero-order chi connectivity index (χ0) is 15.5. The first kappa shape index (κ1) is 16.7. The van der Waals surface area contributed by atoms with Gasteiger partial charge in [-0.2, -0.15) is 0 Å². The summed E-state index contributed by atoms with van der Waals surface area (Å²) in [6.07, 6.45) is 5.46. The molecule has 4 nitrogen and oxygen atoms in total. The van der Waals surface area contributed by atoms with Crippen LogP contribution in [0.15, 0.2) is 17.0 Å². The van der Waals surface area contributed by atoms with E-state index in [1.165, 1.54) is 12.5 Å². The van der Waals surface area contributed by atoms with E-state index < -0.39 is 20.7 Å². The van der Waals surface area contributed by atoms with Crippen molar-refractivity contribution in [3.05, 3.63) is 28.5 Å². The molecule has 0 radical (unpaired) electrons. The van der Waals surface area contributed by atoms with Crippen LogP contribution >= 0.6 is 11.6 Å². The number of rotatable bonds is 5. The van der Waals surface area contributed by atoms with Gasteiger partial charge in [-0.25, -0.2) is 17.5 Å². The summed E-state index contributed by atoms with van der Waals surface area (Å²) in [5, 5.41) is 0.162. The summed E-state index contributed by atoms with van der Waals surface area (Å²) in [5.74, 6) is -0.497. The van der Waals surface area contributed by atoms with Gasteiger partial charge in [0.25, 0.3) is 0 Å². The third kappa shape index (κ3) is 4.16. The van der Waals surface area contributed by atoms with Gasteiger partial charge in [0, 0.05) is 23.7 Å². The Morgan fingerprint density at radius 1 is 1.29 bits per heavy atom. The highest BCUT2D eigenvalue weighted by Crippen LogP contribution is 2.25. The summed E-state index contributed by atoms with van der Waals surface area (Å²) in [5.41, 5.74) is 5.51. The van der Waals surface area contributed by atoms with Crippen LogP contribution in [0.5, 0.6) is 0 Å². The molecule has 3 N–H and O–H groups in total. The topological polar surface area (TPSA) is 72.2 Å². The zero-order valence-corrected chi connectivity index (χ0v) is 13.3. The highest BCUT2D eigenvalue weighted by molar-refractivity contribution is 7.89. The van der Waals surface area contributed by atoms with Crippen molar-refractivity contribution in [2.75, 3.05) is 6.54 Å². The first-order valence-electron chi connectivity index (χ1n) is 7.11. The lowest BCUT2D eigenvalue weighted by Gasteiger charge is -2.21. The van der Waals surface area contributed by atoms with Crippen molar-refractivity contribution in [2.45, 2.75) is 43.5 Å². The van der Waals surface area contributed by atoms with Crippen LogP contribution in [0, 0.1) is 11.7 Å². The van der Waals surface area contributed by atoms with Crippen LogP contribution in [0.2, 0.25) is 5.02 Å². The quantitative estimate of drug-likeness (QED) is 0.869. The maximum atomic E-state index is 14.2. The first-order valence-corrected chi connectivity index (χ1v) is 8.98. The molecule has 1 aliphatic carbocycles. The van der Waals surface area contributed by atoms with Crippen LogP contribution < -0.4 is 10.5 Å². The van der Waals surface area contributed by atoms with Gasteiger partial charge in [-0.1, -0.05) is 30.9 Å². The van der Waals surface area contributed by atoms with Crippen molar-refractivity contribution in [1.82, 2.24) is 4.72 Å². The fourth-order valence-electron chi connectivity index (χ4n) is 2.66. The first-order chi connectivity index (χ1) is 9.94. The molecular weight excluding hydrogens is 315 g/mol. The molecular formula is C14H20ClFN2O2S. The van der Waals surface area contributed by atoms with Gasteiger partial charge in [-0.15, -0.1) is 0 Å². The normalized spacial score (nSPS) is 17.1. The SMILES string of the molecule is NCc1cc(Cl)cc(S(=O)(=O)NCC2CCCCC2)c1F. The van der Waals surface area contributed by atoms with Crippen LogP contribution in [0.25, 0.3) is 0 Å². The summed E-state index contributed by atoms with van der Waals surface area (Å²) in [6, 6.07) is 2.47. The molecule has 21 heavy (non-hydrogen) atoms. The van der Waals surface area contributed by atoms with Gasteiger partial charge < -0.3 is 5.73 Å². The van der Waals surface area contributed by atoms with Gasteiger partial charge in [0.2, 0.25) is 10.0 Å². The van der Waals surface area contributed by atoms with E-state index in [1.54, 1.807) is 0 Å². The van der Waals surface area contributed by atoms with Gasteiger partial charge in [-0.3, -0.25) is 0 Å². The monoisotopic (exact) mass is 334 g/mol. The van der Waals surface area contributed by atoms with Crippen LogP contribution in [0.4, 0.5) is 4.39 Å². The summed E-state index contributed by atoms with van der Waals surface area (Å²) < 4.78 is 41.2. The van der Waals surface area contributed by atoms with Crippen molar-refractivity contribution >= 4 is 21.6 Å². The number of hydrogen-bond donors (Lipinski definition) is 2. The van der Waals surface area contributed by atoms with Crippen LogP contribution in [-0.4, -0.2) is 15.0 Å². The molecule has 7 heteroatoms. The number of sulfonamides is 1. The maximum Gasteiger partial charge on any atom is 0.243 e. The number of halogens is 2. The van der Waals surface area contributed by atoms with E-state index in [9.17, 15) is 12.8 Å². The molecule has 0 aromatic heterocycles. The molecule has 1 saturated carbocycles. The molecule has 0 unspecified atom stereocenters. The van der Waals surface area contributed by atoms with E-state index in [4.69, 9.17) is 17.3 Å². The Kier molecular flexibility index (Phi) is 5.60. The Bertz CT molecular complexity index is 601. The standard InChI is InChI=1S/C14H20ClFN2O2S/c15-12-6-11(8-17)14(16)13(7-12)21(19,20)18-9-10-4-2-1-3-5-10/h6-7,10,18H,1-5,8-9,17H2. The molecule has 0 amide bonds. The van der Waals surface area contributed by atoms with Gasteiger partial charge >= 0.3 is 0 Å². The lowest BCUT2D eigenvalue weighted by atomic mass is 9.90. The second-order valence-corrected chi connectivity index (χ2v) is 7.61. The number of nitrogens with two attached hydrogens (primary N) is 1. The molecule has 0 bridgehead atoms. The predicted octanol–water partition coefficient (Wildman–Crippen LogP) is 2.80. The average molecular weight is 335 g/mol. The summed E-state index contributed by atoms with van der Waals surface area (Å²) in [6.45, 7) is 0.240. The molecule has 0 heterocycles. The third-order valence-electron chi connectivity index (χ3n) is 3.88. The van der Waals surface area contributed by atoms with Gasteiger partial charge in [-0.05, 0) is 30.9 Å². The largest absolute Gasteiger partial charge is 0.326 e. The van der Waals surface area contributed by atoms with Gasteiger partial charge in [0.1, 0.15) is 10.7 Å². The molecule has 0 atom stereocenters.